The fourth-order valence-corrected chi connectivity index (χ4v) is 4.53. The number of benzene rings is 1. The second kappa shape index (κ2) is 10.8. The van der Waals surface area contributed by atoms with Crippen LogP contribution in [0.15, 0.2) is 24.3 Å². The molecular formula is C24H34O11. The fraction of sp³-hybridized carbons (Fsp3) is 0.708. The van der Waals surface area contributed by atoms with Gasteiger partial charge in [0.1, 0.15) is 36.6 Å². The van der Waals surface area contributed by atoms with Crippen LogP contribution in [-0.2, 0) is 23.7 Å². The van der Waals surface area contributed by atoms with Gasteiger partial charge in [-0.1, -0.05) is 25.1 Å². The summed E-state index contributed by atoms with van der Waals surface area (Å²) < 4.78 is 27.9. The van der Waals surface area contributed by atoms with Crippen LogP contribution in [0.25, 0.3) is 0 Å². The van der Waals surface area contributed by atoms with Crippen molar-refractivity contribution in [3.05, 3.63) is 35.4 Å². The van der Waals surface area contributed by atoms with Crippen molar-refractivity contribution < 1.29 is 54.0 Å². The molecule has 196 valence electrons. The minimum Gasteiger partial charge on any atom is -0.454 e. The number of esters is 1. The van der Waals surface area contributed by atoms with Crippen LogP contribution < -0.4 is 0 Å². The van der Waals surface area contributed by atoms with E-state index in [1.807, 2.05) is 12.1 Å². The molecule has 1 aromatic carbocycles. The van der Waals surface area contributed by atoms with Crippen LogP contribution in [0, 0.1) is 5.41 Å². The summed E-state index contributed by atoms with van der Waals surface area (Å²) in [5.41, 5.74) is 0.498. The highest BCUT2D eigenvalue weighted by Crippen LogP contribution is 2.35. The molecule has 0 aromatic heterocycles. The number of cyclic esters (lactones) is 1. The quantitative estimate of drug-likeness (QED) is 0.282. The van der Waals surface area contributed by atoms with E-state index in [1.54, 1.807) is 26.0 Å². The Hall–Kier alpha value is -1.67. The van der Waals surface area contributed by atoms with Gasteiger partial charge in [-0.05, 0) is 25.8 Å². The first kappa shape index (κ1) is 26.4. The molecule has 3 heterocycles. The van der Waals surface area contributed by atoms with Crippen molar-refractivity contribution in [2.24, 2.45) is 5.41 Å². The summed E-state index contributed by atoms with van der Waals surface area (Å²) in [5.74, 6) is -0.360. The van der Waals surface area contributed by atoms with E-state index in [0.29, 0.717) is 18.4 Å². The molecular weight excluding hydrogens is 464 g/mol. The maximum Gasteiger partial charge on any atom is 0.339 e. The lowest BCUT2D eigenvalue weighted by Crippen LogP contribution is -2.60. The summed E-state index contributed by atoms with van der Waals surface area (Å²) >= 11 is 0. The first-order valence-electron chi connectivity index (χ1n) is 11.8. The van der Waals surface area contributed by atoms with Crippen LogP contribution in [0.4, 0.5) is 0 Å². The third-order valence-electron chi connectivity index (χ3n) is 6.98. The number of aliphatic hydroxyl groups is 5. The largest absolute Gasteiger partial charge is 0.454 e. The lowest BCUT2D eigenvalue weighted by Gasteiger charge is -2.41. The van der Waals surface area contributed by atoms with Gasteiger partial charge in [-0.25, -0.2) is 4.79 Å². The Morgan fingerprint density at radius 2 is 1.86 bits per heavy atom. The van der Waals surface area contributed by atoms with Crippen molar-refractivity contribution in [3.63, 3.8) is 0 Å². The summed E-state index contributed by atoms with van der Waals surface area (Å²) in [6, 6.07) is 7.19. The van der Waals surface area contributed by atoms with Gasteiger partial charge >= 0.3 is 5.97 Å². The number of aliphatic hydroxyl groups excluding tert-OH is 5. The first-order valence-corrected chi connectivity index (χ1v) is 11.8. The van der Waals surface area contributed by atoms with Gasteiger partial charge in [0.2, 0.25) is 0 Å². The van der Waals surface area contributed by atoms with Gasteiger partial charge in [-0.2, -0.15) is 0 Å². The van der Waals surface area contributed by atoms with Crippen LogP contribution in [0.5, 0.6) is 0 Å². The van der Waals surface area contributed by atoms with Crippen molar-refractivity contribution in [2.45, 2.75) is 82.0 Å². The summed E-state index contributed by atoms with van der Waals surface area (Å²) in [5, 5.41) is 50.9. The Balaban J connectivity index is 1.30. The van der Waals surface area contributed by atoms with Gasteiger partial charge in [-0.3, -0.25) is 0 Å². The van der Waals surface area contributed by atoms with Gasteiger partial charge in [0.05, 0.1) is 31.5 Å². The number of rotatable bonds is 9. The van der Waals surface area contributed by atoms with Crippen LogP contribution in [-0.4, -0.2) is 101 Å². The standard InChI is InChI=1S/C24H34O11/c1-12(7-8-15-13-5-3-4-6-14(13)21(30)34-15)33-22-19(28)18(27)17(26)16(35-22)9-31-23-20(29)24(2,10-25)11-32-23/h3-6,12,15-20,22-23,25-29H,7-11H2,1-2H3/t12-,15?,16+,17+,18-,19+,20-,22+,23+,24-/m0/s1. The fourth-order valence-electron chi connectivity index (χ4n) is 4.53. The predicted molar refractivity (Wildman–Crippen MR) is 118 cm³/mol. The molecule has 2 saturated heterocycles. The summed E-state index contributed by atoms with van der Waals surface area (Å²) in [4.78, 5) is 12.0. The van der Waals surface area contributed by atoms with E-state index < -0.39 is 60.7 Å². The second-order valence-corrected chi connectivity index (χ2v) is 9.79. The molecule has 2 fully saturated rings. The average Bonchev–Trinajstić information content (AvgIpc) is 3.33. The van der Waals surface area contributed by atoms with Gasteiger partial charge < -0.3 is 49.2 Å². The van der Waals surface area contributed by atoms with E-state index in [-0.39, 0.29) is 25.8 Å². The predicted octanol–water partition coefficient (Wildman–Crippen LogP) is -0.377. The highest BCUT2D eigenvalue weighted by Gasteiger charge is 2.48. The minimum atomic E-state index is -1.55. The zero-order chi connectivity index (χ0) is 25.3. The van der Waals surface area contributed by atoms with E-state index in [4.69, 9.17) is 23.7 Å². The molecule has 3 aliphatic rings. The summed E-state index contributed by atoms with van der Waals surface area (Å²) in [6.07, 6.45) is -8.81. The van der Waals surface area contributed by atoms with Crippen molar-refractivity contribution in [3.8, 4) is 0 Å². The highest BCUT2D eigenvalue weighted by molar-refractivity contribution is 5.93. The molecule has 1 aromatic rings. The smallest absolute Gasteiger partial charge is 0.339 e. The summed E-state index contributed by atoms with van der Waals surface area (Å²) in [7, 11) is 0. The lowest BCUT2D eigenvalue weighted by atomic mass is 9.88. The molecule has 0 aliphatic carbocycles. The Morgan fingerprint density at radius 1 is 1.11 bits per heavy atom. The molecule has 0 spiro atoms. The van der Waals surface area contributed by atoms with Crippen LogP contribution in [0.2, 0.25) is 0 Å². The molecule has 5 N–H and O–H groups in total. The van der Waals surface area contributed by atoms with Gasteiger partial charge in [0.25, 0.3) is 0 Å². The molecule has 35 heavy (non-hydrogen) atoms. The molecule has 1 unspecified atom stereocenters. The molecule has 0 bridgehead atoms. The Labute approximate surface area is 203 Å². The number of carbonyl (C=O) groups is 1. The minimum absolute atomic E-state index is 0.0920. The molecule has 11 heteroatoms. The van der Waals surface area contributed by atoms with Crippen molar-refractivity contribution >= 4 is 5.97 Å². The number of hydrogen-bond donors (Lipinski definition) is 5. The normalized spacial score (nSPS) is 39.9. The van der Waals surface area contributed by atoms with Crippen LogP contribution in [0.1, 0.15) is 48.7 Å². The van der Waals surface area contributed by atoms with E-state index in [0.717, 1.165) is 5.56 Å². The molecule has 3 aliphatic heterocycles. The maximum absolute atomic E-state index is 12.0. The number of ether oxygens (including phenoxy) is 5. The van der Waals surface area contributed by atoms with E-state index in [1.165, 1.54) is 0 Å². The molecule has 10 atom stereocenters. The van der Waals surface area contributed by atoms with E-state index >= 15 is 0 Å². The van der Waals surface area contributed by atoms with Gasteiger partial charge in [0.15, 0.2) is 12.6 Å². The molecule has 11 nitrogen and oxygen atoms in total. The maximum atomic E-state index is 12.0. The molecule has 0 amide bonds. The lowest BCUT2D eigenvalue weighted by molar-refractivity contribution is -0.317. The third kappa shape index (κ3) is 5.38. The van der Waals surface area contributed by atoms with Gasteiger partial charge in [-0.15, -0.1) is 0 Å². The topological polar surface area (TPSA) is 164 Å². The zero-order valence-electron chi connectivity index (χ0n) is 19.7. The van der Waals surface area contributed by atoms with Crippen molar-refractivity contribution in [1.29, 1.82) is 0 Å². The van der Waals surface area contributed by atoms with Gasteiger partial charge in [0, 0.05) is 11.0 Å². The molecule has 0 saturated carbocycles. The second-order valence-electron chi connectivity index (χ2n) is 9.79. The van der Waals surface area contributed by atoms with E-state index in [2.05, 4.69) is 0 Å². The highest BCUT2D eigenvalue weighted by atomic mass is 16.7. The van der Waals surface area contributed by atoms with Crippen LogP contribution in [0.3, 0.4) is 0 Å². The Kier molecular flexibility index (Phi) is 8.11. The van der Waals surface area contributed by atoms with E-state index in [9.17, 15) is 30.3 Å². The Bertz CT molecular complexity index is 881. The van der Waals surface area contributed by atoms with Crippen molar-refractivity contribution in [1.82, 2.24) is 0 Å². The molecule has 4 rings (SSSR count). The van der Waals surface area contributed by atoms with Crippen LogP contribution >= 0.6 is 0 Å². The SMILES string of the molecule is C[C@@H](CCC1OC(=O)c2ccccc21)O[C@@H]1O[C@H](CO[C@@H]2OC[C@](C)(CO)[C@H]2O)[C@@H](O)[C@H](O)[C@H]1O. The number of carbonyl (C=O) groups excluding carboxylic acids is 1. The Morgan fingerprint density at radius 3 is 2.57 bits per heavy atom. The number of hydrogen-bond acceptors (Lipinski definition) is 11. The average molecular weight is 499 g/mol. The first-order chi connectivity index (χ1) is 16.6. The monoisotopic (exact) mass is 498 g/mol. The third-order valence-corrected chi connectivity index (χ3v) is 6.98. The number of fused-ring (bicyclic) bond motifs is 1. The van der Waals surface area contributed by atoms with Crippen molar-refractivity contribution in [2.75, 3.05) is 19.8 Å². The summed E-state index contributed by atoms with van der Waals surface area (Å²) in [6.45, 7) is 2.97. The zero-order valence-corrected chi connectivity index (χ0v) is 19.7. The molecule has 0 radical (unpaired) electrons.